The summed E-state index contributed by atoms with van der Waals surface area (Å²) in [6, 6.07) is 5.34. The number of carbonyl (C=O) groups excluding carboxylic acids is 1. The van der Waals surface area contributed by atoms with Crippen LogP contribution in [0, 0.1) is 11.8 Å². The molecule has 0 spiro atoms. The normalized spacial score (nSPS) is 10.1. The van der Waals surface area contributed by atoms with Crippen LogP contribution in [0.2, 0.25) is 0 Å². The molecule has 3 aromatic rings. The third kappa shape index (κ3) is 4.44. The third-order valence-corrected chi connectivity index (χ3v) is 4.04. The number of rotatable bonds is 6. The molecular weight excluding hydrogens is 372 g/mol. The molecule has 0 saturated carbocycles. The molecule has 0 saturated heterocycles. The number of nitrogens with zero attached hydrogens (tertiary/aromatic N) is 4. The molecule has 0 aliphatic carbocycles. The van der Waals surface area contributed by atoms with Crippen LogP contribution in [0.5, 0.6) is 11.5 Å². The Labute approximate surface area is 167 Å². The number of methoxy groups -OCH3 is 2. The van der Waals surface area contributed by atoms with Gasteiger partial charge >= 0.3 is 0 Å². The number of ether oxygens (including phenoxy) is 2. The second-order valence-electron chi connectivity index (χ2n) is 5.88. The van der Waals surface area contributed by atoms with E-state index in [4.69, 9.17) is 15.2 Å². The van der Waals surface area contributed by atoms with Crippen LogP contribution in [-0.4, -0.2) is 46.4 Å². The molecule has 0 aliphatic rings. The Morgan fingerprint density at radius 3 is 2.62 bits per heavy atom. The molecule has 0 aliphatic heterocycles. The van der Waals surface area contributed by atoms with E-state index in [9.17, 15) is 4.79 Å². The summed E-state index contributed by atoms with van der Waals surface area (Å²) in [6.07, 6.45) is 2.57. The lowest BCUT2D eigenvalue weighted by molar-refractivity contribution is -0.116. The van der Waals surface area contributed by atoms with Crippen LogP contribution in [0.15, 0.2) is 37.2 Å². The minimum atomic E-state index is -0.261. The van der Waals surface area contributed by atoms with Gasteiger partial charge in [0.1, 0.15) is 29.3 Å². The number of aromatic nitrogens is 4. The first-order valence-electron chi connectivity index (χ1n) is 8.68. The summed E-state index contributed by atoms with van der Waals surface area (Å²) in [4.78, 5) is 19.6. The Kier molecular flexibility index (Phi) is 5.94. The number of anilines is 1. The SMILES string of the molecule is C=CC(=O)NCCn1nc(C#Cc2cc(OC)cc(OC)c2)c2c(N)ncnc21. The molecule has 0 fully saturated rings. The molecule has 2 aromatic heterocycles. The van der Waals surface area contributed by atoms with Gasteiger partial charge in [-0.1, -0.05) is 12.5 Å². The Balaban J connectivity index is 1.97. The van der Waals surface area contributed by atoms with Crippen molar-refractivity contribution in [3.63, 3.8) is 0 Å². The average Bonchev–Trinajstić information content (AvgIpc) is 3.10. The van der Waals surface area contributed by atoms with Gasteiger partial charge in [-0.3, -0.25) is 4.79 Å². The van der Waals surface area contributed by atoms with E-state index >= 15 is 0 Å². The van der Waals surface area contributed by atoms with Crippen LogP contribution in [0.4, 0.5) is 5.82 Å². The van der Waals surface area contributed by atoms with Crippen LogP contribution in [-0.2, 0) is 11.3 Å². The number of nitrogens with two attached hydrogens (primary N) is 1. The highest BCUT2D eigenvalue weighted by Crippen LogP contribution is 2.23. The van der Waals surface area contributed by atoms with Crippen molar-refractivity contribution in [2.24, 2.45) is 0 Å². The summed E-state index contributed by atoms with van der Waals surface area (Å²) >= 11 is 0. The van der Waals surface area contributed by atoms with Crippen molar-refractivity contribution in [3.05, 3.63) is 48.4 Å². The zero-order valence-corrected chi connectivity index (χ0v) is 16.1. The van der Waals surface area contributed by atoms with Gasteiger partial charge in [-0.25, -0.2) is 14.6 Å². The van der Waals surface area contributed by atoms with Gasteiger partial charge in [0.05, 0.1) is 26.2 Å². The summed E-state index contributed by atoms with van der Waals surface area (Å²) in [6.45, 7) is 4.16. The highest BCUT2D eigenvalue weighted by atomic mass is 16.5. The molecule has 9 heteroatoms. The van der Waals surface area contributed by atoms with Crippen molar-refractivity contribution in [1.29, 1.82) is 0 Å². The third-order valence-electron chi connectivity index (χ3n) is 4.04. The van der Waals surface area contributed by atoms with Crippen molar-refractivity contribution in [3.8, 4) is 23.3 Å². The molecule has 29 heavy (non-hydrogen) atoms. The second kappa shape index (κ2) is 8.75. The van der Waals surface area contributed by atoms with Crippen molar-refractivity contribution in [2.75, 3.05) is 26.5 Å². The van der Waals surface area contributed by atoms with E-state index in [1.54, 1.807) is 37.1 Å². The second-order valence-corrected chi connectivity index (χ2v) is 5.88. The molecule has 0 radical (unpaired) electrons. The predicted octanol–water partition coefficient (Wildman–Crippen LogP) is 1.13. The molecule has 2 heterocycles. The van der Waals surface area contributed by atoms with E-state index in [2.05, 4.69) is 38.8 Å². The minimum absolute atomic E-state index is 0.261. The van der Waals surface area contributed by atoms with Gasteiger partial charge in [-0.05, 0) is 24.1 Å². The lowest BCUT2D eigenvalue weighted by atomic mass is 10.2. The monoisotopic (exact) mass is 392 g/mol. The van der Waals surface area contributed by atoms with Gasteiger partial charge in [-0.15, -0.1) is 0 Å². The van der Waals surface area contributed by atoms with E-state index in [0.717, 1.165) is 0 Å². The number of benzene rings is 1. The van der Waals surface area contributed by atoms with Gasteiger partial charge in [0.25, 0.3) is 0 Å². The van der Waals surface area contributed by atoms with Gasteiger partial charge in [-0.2, -0.15) is 5.10 Å². The topological polar surface area (TPSA) is 117 Å². The highest BCUT2D eigenvalue weighted by Gasteiger charge is 2.14. The number of amides is 1. The highest BCUT2D eigenvalue weighted by molar-refractivity contribution is 5.90. The van der Waals surface area contributed by atoms with E-state index in [-0.39, 0.29) is 11.7 Å². The smallest absolute Gasteiger partial charge is 0.243 e. The first kappa shape index (κ1) is 19.7. The van der Waals surface area contributed by atoms with Crippen molar-refractivity contribution < 1.29 is 14.3 Å². The number of hydrogen-bond acceptors (Lipinski definition) is 7. The Morgan fingerprint density at radius 1 is 1.24 bits per heavy atom. The first-order valence-corrected chi connectivity index (χ1v) is 8.68. The summed E-state index contributed by atoms with van der Waals surface area (Å²) in [5.41, 5.74) is 7.71. The molecule has 148 valence electrons. The minimum Gasteiger partial charge on any atom is -0.497 e. The number of nitrogen functional groups attached to an aromatic ring is 1. The van der Waals surface area contributed by atoms with Crippen LogP contribution >= 0.6 is 0 Å². The summed E-state index contributed by atoms with van der Waals surface area (Å²) < 4.78 is 12.2. The largest absolute Gasteiger partial charge is 0.497 e. The molecule has 1 amide bonds. The maximum atomic E-state index is 11.3. The first-order chi connectivity index (χ1) is 14.0. The lowest BCUT2D eigenvalue weighted by Gasteiger charge is -2.04. The van der Waals surface area contributed by atoms with E-state index in [1.165, 1.54) is 12.4 Å². The predicted molar refractivity (Wildman–Crippen MR) is 108 cm³/mol. The molecule has 3 N–H and O–H groups in total. The molecule has 0 bridgehead atoms. The van der Waals surface area contributed by atoms with Crippen molar-refractivity contribution in [2.45, 2.75) is 6.54 Å². The van der Waals surface area contributed by atoms with Gasteiger partial charge in [0.15, 0.2) is 5.65 Å². The maximum absolute atomic E-state index is 11.3. The van der Waals surface area contributed by atoms with Gasteiger partial charge in [0.2, 0.25) is 5.91 Å². The lowest BCUT2D eigenvalue weighted by Crippen LogP contribution is -2.25. The quantitative estimate of drug-likeness (QED) is 0.477. The maximum Gasteiger partial charge on any atom is 0.243 e. The summed E-state index contributed by atoms with van der Waals surface area (Å²) in [7, 11) is 3.15. The zero-order valence-electron chi connectivity index (χ0n) is 16.1. The number of carbonyl (C=O) groups is 1. The fourth-order valence-corrected chi connectivity index (χ4v) is 2.64. The molecule has 3 rings (SSSR count). The van der Waals surface area contributed by atoms with Crippen molar-refractivity contribution in [1.82, 2.24) is 25.1 Å². The number of fused-ring (bicyclic) bond motifs is 1. The number of nitrogens with one attached hydrogen (secondary N) is 1. The van der Waals surface area contributed by atoms with E-state index in [1.807, 2.05) is 0 Å². The average molecular weight is 392 g/mol. The van der Waals surface area contributed by atoms with Gasteiger partial charge in [0, 0.05) is 18.2 Å². The fourth-order valence-electron chi connectivity index (χ4n) is 2.64. The van der Waals surface area contributed by atoms with E-state index in [0.29, 0.717) is 46.9 Å². The summed E-state index contributed by atoms with van der Waals surface area (Å²) in [5, 5.41) is 7.75. The molecule has 1 aromatic carbocycles. The standard InChI is InChI=1S/C20H20N6O3/c1-4-17(27)22-7-8-26-20-18(19(21)23-12-24-20)16(25-26)6-5-13-9-14(28-2)11-15(10-13)29-3/h4,9-12H,1,7-8H2,2-3H3,(H,22,27)(H2,21,23,24). The zero-order chi connectivity index (χ0) is 20.8. The Hall–Kier alpha value is -4.06. The molecule has 9 nitrogen and oxygen atoms in total. The fraction of sp³-hybridized carbons (Fsp3) is 0.200. The van der Waals surface area contributed by atoms with Crippen molar-refractivity contribution >= 4 is 22.8 Å². The molecular formula is C20H20N6O3. The molecule has 0 atom stereocenters. The Bertz CT molecular complexity index is 1100. The Morgan fingerprint density at radius 2 is 1.97 bits per heavy atom. The van der Waals surface area contributed by atoms with Crippen LogP contribution in [0.3, 0.4) is 0 Å². The van der Waals surface area contributed by atoms with Crippen LogP contribution in [0.25, 0.3) is 11.0 Å². The summed E-state index contributed by atoms with van der Waals surface area (Å²) in [5.74, 6) is 7.35. The van der Waals surface area contributed by atoms with Crippen LogP contribution in [0.1, 0.15) is 11.3 Å². The van der Waals surface area contributed by atoms with Gasteiger partial charge < -0.3 is 20.5 Å². The van der Waals surface area contributed by atoms with E-state index < -0.39 is 0 Å². The number of hydrogen-bond donors (Lipinski definition) is 2. The van der Waals surface area contributed by atoms with Crippen LogP contribution < -0.4 is 20.5 Å². The molecule has 0 unspecified atom stereocenters.